The Balaban J connectivity index is 1.67. The summed E-state index contributed by atoms with van der Waals surface area (Å²) in [7, 11) is 1.61. The number of amides is 2. The number of primary amides is 1. The fourth-order valence-electron chi connectivity index (χ4n) is 2.86. The smallest absolute Gasteiger partial charge is 0.273 e. The Morgan fingerprint density at radius 2 is 2.00 bits per heavy atom. The number of carbonyl (C=O) groups is 2. The molecule has 0 spiro atoms. The Bertz CT molecular complexity index is 1200. The number of methoxy groups -OCH3 is 1. The average molecular weight is 392 g/mol. The Labute approximate surface area is 164 Å². The van der Waals surface area contributed by atoms with Crippen LogP contribution in [-0.4, -0.2) is 28.3 Å². The van der Waals surface area contributed by atoms with E-state index in [4.69, 9.17) is 10.5 Å². The van der Waals surface area contributed by atoms with Gasteiger partial charge in [0.25, 0.3) is 11.8 Å². The van der Waals surface area contributed by atoms with E-state index in [1.165, 1.54) is 11.3 Å². The third-order valence-corrected chi connectivity index (χ3v) is 5.09. The minimum atomic E-state index is -0.602. The second kappa shape index (κ2) is 7.16. The maximum Gasteiger partial charge on any atom is 0.273 e. The lowest BCUT2D eigenvalue weighted by Crippen LogP contribution is -2.19. The summed E-state index contributed by atoms with van der Waals surface area (Å²) in [6.07, 6.45) is 1.80. The maximum atomic E-state index is 12.8. The van der Waals surface area contributed by atoms with Crippen LogP contribution in [0.4, 0.5) is 5.69 Å². The number of anilines is 1. The summed E-state index contributed by atoms with van der Waals surface area (Å²) in [6.45, 7) is 0. The number of fused-ring (bicyclic) bond motifs is 1. The molecule has 0 aliphatic heterocycles. The van der Waals surface area contributed by atoms with E-state index in [1.807, 2.05) is 24.3 Å². The van der Waals surface area contributed by atoms with Crippen LogP contribution in [0.5, 0.6) is 5.75 Å². The molecule has 0 saturated heterocycles. The van der Waals surface area contributed by atoms with Crippen LogP contribution < -0.4 is 15.8 Å². The number of aromatic nitrogens is 2. The molecule has 0 atom stereocenters. The number of hydrogen-bond acceptors (Lipinski definition) is 5. The molecule has 0 radical (unpaired) electrons. The molecule has 7 nitrogen and oxygen atoms in total. The first kappa shape index (κ1) is 17.7. The van der Waals surface area contributed by atoms with Crippen LogP contribution in [0.3, 0.4) is 0 Å². The molecule has 28 heavy (non-hydrogen) atoms. The molecule has 140 valence electrons. The van der Waals surface area contributed by atoms with Crippen molar-refractivity contribution >= 4 is 33.8 Å². The van der Waals surface area contributed by atoms with Crippen LogP contribution in [0.15, 0.2) is 60.1 Å². The van der Waals surface area contributed by atoms with Gasteiger partial charge in [-0.15, -0.1) is 11.3 Å². The van der Waals surface area contributed by atoms with Gasteiger partial charge in [0.15, 0.2) is 4.96 Å². The minimum absolute atomic E-state index is 0.255. The number of rotatable bonds is 5. The van der Waals surface area contributed by atoms with Crippen LogP contribution in [0, 0.1) is 0 Å². The van der Waals surface area contributed by atoms with Crippen molar-refractivity contribution in [3.63, 3.8) is 0 Å². The van der Waals surface area contributed by atoms with Crippen LogP contribution in [0.2, 0.25) is 0 Å². The molecule has 4 aromatic rings. The average Bonchev–Trinajstić information content (AvgIpc) is 3.29. The first-order valence-corrected chi connectivity index (χ1v) is 9.26. The van der Waals surface area contributed by atoms with Gasteiger partial charge in [0, 0.05) is 17.1 Å². The van der Waals surface area contributed by atoms with Crippen molar-refractivity contribution in [2.75, 3.05) is 12.4 Å². The predicted octanol–water partition coefficient (Wildman–Crippen LogP) is 3.42. The van der Waals surface area contributed by atoms with Crippen molar-refractivity contribution in [1.82, 2.24) is 9.38 Å². The highest BCUT2D eigenvalue weighted by Gasteiger charge is 2.17. The summed E-state index contributed by atoms with van der Waals surface area (Å²) in [5.41, 5.74) is 8.04. The van der Waals surface area contributed by atoms with E-state index in [0.29, 0.717) is 16.3 Å². The first-order valence-electron chi connectivity index (χ1n) is 8.38. The molecule has 0 unspecified atom stereocenters. The zero-order valence-corrected chi connectivity index (χ0v) is 15.7. The molecule has 2 heterocycles. The normalized spacial score (nSPS) is 10.8. The van der Waals surface area contributed by atoms with Crippen molar-refractivity contribution in [3.8, 4) is 17.0 Å². The molecule has 0 saturated carbocycles. The van der Waals surface area contributed by atoms with E-state index >= 15 is 0 Å². The first-order chi connectivity index (χ1) is 13.6. The van der Waals surface area contributed by atoms with Gasteiger partial charge in [-0.25, -0.2) is 4.98 Å². The topological polar surface area (TPSA) is 98.7 Å². The highest BCUT2D eigenvalue weighted by Crippen LogP contribution is 2.27. The van der Waals surface area contributed by atoms with Crippen molar-refractivity contribution in [2.45, 2.75) is 0 Å². The van der Waals surface area contributed by atoms with E-state index < -0.39 is 5.91 Å². The number of hydrogen-bond donors (Lipinski definition) is 2. The summed E-state index contributed by atoms with van der Waals surface area (Å²) >= 11 is 1.36. The molecule has 4 rings (SSSR count). The van der Waals surface area contributed by atoms with E-state index in [9.17, 15) is 9.59 Å². The number of imidazole rings is 1. The third-order valence-electron chi connectivity index (χ3n) is 4.25. The number of carbonyl (C=O) groups excluding carboxylic acids is 2. The Hall–Kier alpha value is -3.65. The lowest BCUT2D eigenvalue weighted by Gasteiger charge is -2.08. The summed E-state index contributed by atoms with van der Waals surface area (Å²) in [4.78, 5) is 29.6. The summed E-state index contributed by atoms with van der Waals surface area (Å²) in [6, 6.07) is 14.2. The molecule has 2 aromatic heterocycles. The molecule has 2 amide bonds. The molecule has 3 N–H and O–H groups in total. The largest absolute Gasteiger partial charge is 0.497 e. The van der Waals surface area contributed by atoms with Crippen molar-refractivity contribution in [2.24, 2.45) is 5.73 Å². The van der Waals surface area contributed by atoms with Gasteiger partial charge in [-0.1, -0.05) is 24.3 Å². The maximum absolute atomic E-state index is 12.8. The fourth-order valence-corrected chi connectivity index (χ4v) is 3.72. The molecule has 0 aliphatic carbocycles. The summed E-state index contributed by atoms with van der Waals surface area (Å²) in [5.74, 6) is -0.223. The van der Waals surface area contributed by atoms with Gasteiger partial charge in [0.2, 0.25) is 0 Å². The number of nitrogens with one attached hydrogen (secondary N) is 1. The van der Waals surface area contributed by atoms with Crippen molar-refractivity contribution in [3.05, 3.63) is 71.4 Å². The summed E-state index contributed by atoms with van der Waals surface area (Å²) in [5, 5.41) is 4.47. The lowest BCUT2D eigenvalue weighted by atomic mass is 10.1. The van der Waals surface area contributed by atoms with Gasteiger partial charge in [-0.3, -0.25) is 14.0 Å². The highest BCUT2D eigenvalue weighted by atomic mass is 32.1. The lowest BCUT2D eigenvalue weighted by molar-refractivity contribution is 0.100. The minimum Gasteiger partial charge on any atom is -0.497 e. The molecular formula is C20H16N4O3S. The number of nitrogens with zero attached hydrogens (tertiary/aromatic N) is 2. The van der Waals surface area contributed by atoms with Gasteiger partial charge in [0.05, 0.1) is 24.1 Å². The quantitative estimate of drug-likeness (QED) is 0.544. The number of para-hydroxylation sites is 1. The Morgan fingerprint density at radius 3 is 2.79 bits per heavy atom. The number of thiazole rings is 1. The molecule has 0 fully saturated rings. The van der Waals surface area contributed by atoms with Crippen LogP contribution in [-0.2, 0) is 0 Å². The monoisotopic (exact) mass is 392 g/mol. The Kier molecular flexibility index (Phi) is 4.54. The van der Waals surface area contributed by atoms with Gasteiger partial charge < -0.3 is 15.8 Å². The molecule has 8 heteroatoms. The number of benzene rings is 2. The molecular weight excluding hydrogens is 376 g/mol. The predicted molar refractivity (Wildman–Crippen MR) is 108 cm³/mol. The van der Waals surface area contributed by atoms with Gasteiger partial charge >= 0.3 is 0 Å². The van der Waals surface area contributed by atoms with E-state index in [-0.39, 0.29) is 11.5 Å². The van der Waals surface area contributed by atoms with Crippen LogP contribution >= 0.6 is 11.3 Å². The van der Waals surface area contributed by atoms with E-state index in [1.54, 1.807) is 47.4 Å². The van der Waals surface area contributed by atoms with Crippen molar-refractivity contribution in [1.29, 1.82) is 0 Å². The molecule has 0 aliphatic rings. The fraction of sp³-hybridized carbons (Fsp3) is 0.0500. The number of ether oxygens (including phenoxy) is 1. The summed E-state index contributed by atoms with van der Waals surface area (Å²) < 4.78 is 6.98. The van der Waals surface area contributed by atoms with E-state index in [2.05, 4.69) is 10.3 Å². The molecule has 2 aromatic carbocycles. The third kappa shape index (κ3) is 3.21. The van der Waals surface area contributed by atoms with Gasteiger partial charge in [-0.2, -0.15) is 0 Å². The SMILES string of the molecule is COc1cccc(-c2cn3c(C(=O)Nc4ccccc4C(N)=O)csc3n2)c1. The number of nitrogens with two attached hydrogens (primary N) is 1. The van der Waals surface area contributed by atoms with Crippen LogP contribution in [0.1, 0.15) is 20.8 Å². The van der Waals surface area contributed by atoms with Crippen molar-refractivity contribution < 1.29 is 14.3 Å². The standard InChI is InChI=1S/C20H16N4O3S/c1-27-13-6-4-5-12(9-13)16-10-24-17(11-28-20(24)23-16)19(26)22-15-8-3-2-7-14(15)18(21)25/h2-11H,1H3,(H2,21,25)(H,22,26). The zero-order chi connectivity index (χ0) is 19.7. The van der Waals surface area contributed by atoms with Gasteiger partial charge in [0.1, 0.15) is 11.4 Å². The highest BCUT2D eigenvalue weighted by molar-refractivity contribution is 7.15. The second-order valence-corrected chi connectivity index (χ2v) is 6.83. The second-order valence-electron chi connectivity index (χ2n) is 6.00. The molecule has 0 bridgehead atoms. The van der Waals surface area contributed by atoms with E-state index in [0.717, 1.165) is 17.0 Å². The Morgan fingerprint density at radius 1 is 1.18 bits per heavy atom. The van der Waals surface area contributed by atoms with Crippen LogP contribution in [0.25, 0.3) is 16.2 Å². The van der Waals surface area contributed by atoms with Gasteiger partial charge in [-0.05, 0) is 24.3 Å². The zero-order valence-electron chi connectivity index (χ0n) is 14.9.